The van der Waals surface area contributed by atoms with Crippen molar-refractivity contribution in [3.8, 4) is 16.9 Å². The lowest BCUT2D eigenvalue weighted by Gasteiger charge is -2.23. The minimum absolute atomic E-state index is 0.224. The molecule has 0 fully saturated rings. The lowest BCUT2D eigenvalue weighted by atomic mass is 9.87. The average molecular weight is 495 g/mol. The van der Waals surface area contributed by atoms with Crippen molar-refractivity contribution in [3.63, 3.8) is 0 Å². The van der Waals surface area contributed by atoms with E-state index >= 15 is 0 Å². The molecule has 0 bridgehead atoms. The van der Waals surface area contributed by atoms with Crippen LogP contribution in [0.15, 0.2) is 72.8 Å². The summed E-state index contributed by atoms with van der Waals surface area (Å²) in [7, 11) is 2.98. The number of rotatable bonds is 7. The van der Waals surface area contributed by atoms with Crippen molar-refractivity contribution >= 4 is 39.9 Å². The molecule has 174 valence electrons. The zero-order chi connectivity index (χ0) is 24.2. The van der Waals surface area contributed by atoms with Crippen molar-refractivity contribution in [2.75, 3.05) is 14.2 Å². The molecule has 4 aromatic carbocycles. The van der Waals surface area contributed by atoms with Gasteiger partial charge in [0.05, 0.1) is 20.8 Å². The standard InChI is InChI=1S/C28H24Cl2O4/c1-17-14-20-15-22(30)10-13-24(20)26(19-6-8-21(29)9-7-19)25(17)27(28(31)33-3)34-16-18-4-11-23(32-2)12-5-18/h4-15,27H,16H2,1-3H3. The summed E-state index contributed by atoms with van der Waals surface area (Å²) in [6.07, 6.45) is -0.933. The molecular formula is C28H24Cl2O4. The molecule has 0 N–H and O–H groups in total. The highest BCUT2D eigenvalue weighted by atomic mass is 35.5. The molecule has 4 nitrogen and oxygen atoms in total. The van der Waals surface area contributed by atoms with E-state index in [4.69, 9.17) is 37.4 Å². The monoisotopic (exact) mass is 494 g/mol. The van der Waals surface area contributed by atoms with Crippen molar-refractivity contribution in [2.24, 2.45) is 0 Å². The number of ether oxygens (including phenoxy) is 3. The Morgan fingerprint density at radius 2 is 1.56 bits per heavy atom. The van der Waals surface area contributed by atoms with E-state index in [0.717, 1.165) is 44.3 Å². The van der Waals surface area contributed by atoms with Gasteiger partial charge >= 0.3 is 5.97 Å². The first-order valence-electron chi connectivity index (χ1n) is 10.7. The largest absolute Gasteiger partial charge is 0.497 e. The summed E-state index contributed by atoms with van der Waals surface area (Å²) >= 11 is 12.4. The van der Waals surface area contributed by atoms with E-state index in [1.807, 2.05) is 79.7 Å². The van der Waals surface area contributed by atoms with Crippen molar-refractivity contribution in [1.29, 1.82) is 0 Å². The van der Waals surface area contributed by atoms with Crippen LogP contribution in [-0.2, 0) is 20.9 Å². The normalized spacial score (nSPS) is 11.9. The number of carbonyl (C=O) groups is 1. The molecular weight excluding hydrogens is 471 g/mol. The maximum atomic E-state index is 13.0. The molecule has 4 aromatic rings. The molecule has 0 aliphatic heterocycles. The van der Waals surface area contributed by atoms with Crippen LogP contribution in [0.3, 0.4) is 0 Å². The first-order valence-corrected chi connectivity index (χ1v) is 11.5. The van der Waals surface area contributed by atoms with Gasteiger partial charge in [0.1, 0.15) is 5.75 Å². The summed E-state index contributed by atoms with van der Waals surface area (Å²) in [6, 6.07) is 22.8. The van der Waals surface area contributed by atoms with E-state index < -0.39 is 12.1 Å². The van der Waals surface area contributed by atoms with E-state index in [-0.39, 0.29) is 6.61 Å². The molecule has 0 saturated carbocycles. The second-order valence-electron chi connectivity index (χ2n) is 7.92. The first-order chi connectivity index (χ1) is 16.4. The summed E-state index contributed by atoms with van der Waals surface area (Å²) in [5.41, 5.74) is 4.35. The molecule has 4 rings (SSSR count). The third kappa shape index (κ3) is 5.05. The van der Waals surface area contributed by atoms with Crippen LogP contribution in [0.5, 0.6) is 5.75 Å². The molecule has 0 aliphatic rings. The van der Waals surface area contributed by atoms with Gasteiger partial charge in [0.25, 0.3) is 0 Å². The van der Waals surface area contributed by atoms with Crippen LogP contribution in [0.2, 0.25) is 10.0 Å². The third-order valence-electron chi connectivity index (χ3n) is 5.74. The Hall–Kier alpha value is -3.05. The SMILES string of the molecule is COC(=O)C(OCc1ccc(OC)cc1)c1c(C)cc2cc(Cl)ccc2c1-c1ccc(Cl)cc1. The van der Waals surface area contributed by atoms with Crippen molar-refractivity contribution in [2.45, 2.75) is 19.6 Å². The Kier molecular flexibility index (Phi) is 7.42. The zero-order valence-corrected chi connectivity index (χ0v) is 20.6. The minimum Gasteiger partial charge on any atom is -0.497 e. The fourth-order valence-electron chi connectivity index (χ4n) is 4.08. The number of carbonyl (C=O) groups excluding carboxylic acids is 1. The summed E-state index contributed by atoms with van der Waals surface area (Å²) in [5, 5.41) is 3.19. The molecule has 0 aliphatic carbocycles. The second kappa shape index (κ2) is 10.5. The van der Waals surface area contributed by atoms with Gasteiger partial charge in [-0.3, -0.25) is 0 Å². The highest BCUT2D eigenvalue weighted by Gasteiger charge is 2.29. The van der Waals surface area contributed by atoms with Crippen LogP contribution >= 0.6 is 23.2 Å². The van der Waals surface area contributed by atoms with Gasteiger partial charge in [0, 0.05) is 15.6 Å². The lowest BCUT2D eigenvalue weighted by molar-refractivity contribution is -0.155. The number of fused-ring (bicyclic) bond motifs is 1. The second-order valence-corrected chi connectivity index (χ2v) is 8.79. The summed E-state index contributed by atoms with van der Waals surface area (Å²) < 4.78 is 16.6. The minimum atomic E-state index is -0.933. The number of methoxy groups -OCH3 is 2. The number of halogens is 2. The van der Waals surface area contributed by atoms with Crippen LogP contribution in [0.4, 0.5) is 0 Å². The lowest BCUT2D eigenvalue weighted by Crippen LogP contribution is -2.20. The predicted molar refractivity (Wildman–Crippen MR) is 137 cm³/mol. The fourth-order valence-corrected chi connectivity index (χ4v) is 4.38. The molecule has 0 aromatic heterocycles. The number of hydrogen-bond donors (Lipinski definition) is 0. The van der Waals surface area contributed by atoms with Gasteiger partial charge in [-0.05, 0) is 76.3 Å². The van der Waals surface area contributed by atoms with E-state index in [2.05, 4.69) is 0 Å². The van der Waals surface area contributed by atoms with E-state index in [9.17, 15) is 4.79 Å². The van der Waals surface area contributed by atoms with Gasteiger partial charge in [0.2, 0.25) is 0 Å². The number of esters is 1. The quantitative estimate of drug-likeness (QED) is 0.248. The Morgan fingerprint density at radius 1 is 0.882 bits per heavy atom. The number of benzene rings is 4. The van der Waals surface area contributed by atoms with E-state index in [1.165, 1.54) is 7.11 Å². The molecule has 0 heterocycles. The van der Waals surface area contributed by atoms with Gasteiger partial charge in [-0.15, -0.1) is 0 Å². The number of hydrogen-bond acceptors (Lipinski definition) is 4. The molecule has 0 radical (unpaired) electrons. The predicted octanol–water partition coefficient (Wildman–Crippen LogP) is 7.56. The van der Waals surface area contributed by atoms with E-state index in [1.54, 1.807) is 7.11 Å². The molecule has 0 saturated heterocycles. The van der Waals surface area contributed by atoms with Crippen LogP contribution in [-0.4, -0.2) is 20.2 Å². The highest BCUT2D eigenvalue weighted by Crippen LogP contribution is 2.40. The third-order valence-corrected chi connectivity index (χ3v) is 6.22. The Morgan fingerprint density at radius 3 is 2.21 bits per heavy atom. The van der Waals surface area contributed by atoms with Crippen molar-refractivity contribution in [1.82, 2.24) is 0 Å². The molecule has 1 atom stereocenters. The van der Waals surface area contributed by atoms with Crippen LogP contribution in [0, 0.1) is 6.92 Å². The first kappa shape index (κ1) is 24.1. The molecule has 0 spiro atoms. The summed E-state index contributed by atoms with van der Waals surface area (Å²) in [6.45, 7) is 2.18. The van der Waals surface area contributed by atoms with Crippen LogP contribution in [0.25, 0.3) is 21.9 Å². The average Bonchev–Trinajstić information content (AvgIpc) is 2.84. The maximum absolute atomic E-state index is 13.0. The number of aryl methyl sites for hydroxylation is 1. The van der Waals surface area contributed by atoms with Gasteiger partial charge in [-0.2, -0.15) is 0 Å². The zero-order valence-electron chi connectivity index (χ0n) is 19.1. The Bertz CT molecular complexity index is 1320. The fraction of sp³-hybridized carbons (Fsp3) is 0.179. The topological polar surface area (TPSA) is 44.8 Å². The smallest absolute Gasteiger partial charge is 0.339 e. The highest BCUT2D eigenvalue weighted by molar-refractivity contribution is 6.31. The summed E-state index contributed by atoms with van der Waals surface area (Å²) in [5.74, 6) is 0.280. The van der Waals surface area contributed by atoms with Gasteiger partial charge < -0.3 is 14.2 Å². The van der Waals surface area contributed by atoms with Crippen LogP contribution < -0.4 is 4.74 Å². The van der Waals surface area contributed by atoms with Gasteiger partial charge in [-0.1, -0.05) is 59.6 Å². The Balaban J connectivity index is 1.86. The molecule has 0 amide bonds. The summed E-state index contributed by atoms with van der Waals surface area (Å²) in [4.78, 5) is 13.0. The van der Waals surface area contributed by atoms with Crippen LogP contribution in [0.1, 0.15) is 22.8 Å². The van der Waals surface area contributed by atoms with Gasteiger partial charge in [0.15, 0.2) is 6.10 Å². The van der Waals surface area contributed by atoms with Crippen molar-refractivity contribution in [3.05, 3.63) is 99.5 Å². The molecule has 34 heavy (non-hydrogen) atoms. The van der Waals surface area contributed by atoms with E-state index in [0.29, 0.717) is 10.0 Å². The molecule has 6 heteroatoms. The van der Waals surface area contributed by atoms with Crippen molar-refractivity contribution < 1.29 is 19.0 Å². The maximum Gasteiger partial charge on any atom is 0.339 e. The molecule has 1 unspecified atom stereocenters. The Labute approximate surface area is 209 Å². The van der Waals surface area contributed by atoms with Gasteiger partial charge in [-0.25, -0.2) is 4.79 Å².